The van der Waals surface area contributed by atoms with Crippen molar-refractivity contribution in [3.05, 3.63) is 42.1 Å². The largest absolute Gasteiger partial charge is 0.396 e. The number of nitrogens with two attached hydrogens (primary N) is 1. The van der Waals surface area contributed by atoms with E-state index in [9.17, 15) is 0 Å². The molecule has 0 aliphatic rings. The van der Waals surface area contributed by atoms with E-state index in [1.807, 2.05) is 39.2 Å². The van der Waals surface area contributed by atoms with Gasteiger partial charge in [0.2, 0.25) is 0 Å². The number of aryl methyl sites for hydroxylation is 1. The van der Waals surface area contributed by atoms with Crippen LogP contribution >= 0.6 is 0 Å². The molecule has 0 aliphatic carbocycles. The van der Waals surface area contributed by atoms with E-state index in [1.54, 1.807) is 6.20 Å². The number of aromatic nitrogens is 1. The normalized spacial score (nSPS) is 10.2. The van der Waals surface area contributed by atoms with Gasteiger partial charge in [0.1, 0.15) is 0 Å². The molecule has 0 saturated carbocycles. The predicted octanol–water partition coefficient (Wildman–Crippen LogP) is 2.78. The number of nitrogens with one attached hydrogen (secondary N) is 1. The molecule has 4 heteroatoms. The standard InChI is InChI=1S/C14H18N4/c1-10-7-8-16-14(13(10)15)17-11-5-4-6-12(9-11)18(2)3/h4-9H,15H2,1-3H3,(H,16,17). The molecule has 0 radical (unpaired) electrons. The lowest BCUT2D eigenvalue weighted by Gasteiger charge is -2.15. The zero-order valence-corrected chi connectivity index (χ0v) is 10.9. The summed E-state index contributed by atoms with van der Waals surface area (Å²) in [4.78, 5) is 6.31. The number of benzene rings is 1. The molecule has 0 aliphatic heterocycles. The quantitative estimate of drug-likeness (QED) is 0.869. The maximum Gasteiger partial charge on any atom is 0.153 e. The second kappa shape index (κ2) is 4.96. The SMILES string of the molecule is Cc1ccnc(Nc2cccc(N(C)C)c2)c1N. The maximum atomic E-state index is 5.99. The van der Waals surface area contributed by atoms with Gasteiger partial charge < -0.3 is 16.0 Å². The molecular weight excluding hydrogens is 224 g/mol. The van der Waals surface area contributed by atoms with Gasteiger partial charge in [-0.25, -0.2) is 4.98 Å². The summed E-state index contributed by atoms with van der Waals surface area (Å²) in [5.41, 5.74) is 9.81. The second-order valence-corrected chi connectivity index (χ2v) is 4.46. The molecule has 0 atom stereocenters. The molecule has 3 N–H and O–H groups in total. The average molecular weight is 242 g/mol. The summed E-state index contributed by atoms with van der Waals surface area (Å²) in [6.45, 7) is 1.97. The number of rotatable bonds is 3. The molecule has 0 saturated heterocycles. The molecule has 0 bridgehead atoms. The lowest BCUT2D eigenvalue weighted by atomic mass is 10.2. The van der Waals surface area contributed by atoms with Crippen molar-refractivity contribution < 1.29 is 0 Å². The number of hydrogen-bond donors (Lipinski definition) is 2. The Labute approximate surface area is 107 Å². The van der Waals surface area contributed by atoms with Crippen molar-refractivity contribution in [2.45, 2.75) is 6.92 Å². The number of hydrogen-bond acceptors (Lipinski definition) is 4. The van der Waals surface area contributed by atoms with Crippen LogP contribution < -0.4 is 16.0 Å². The van der Waals surface area contributed by atoms with Gasteiger partial charge in [0.25, 0.3) is 0 Å². The Morgan fingerprint density at radius 2 is 2.00 bits per heavy atom. The van der Waals surface area contributed by atoms with Crippen molar-refractivity contribution in [1.82, 2.24) is 4.98 Å². The van der Waals surface area contributed by atoms with Crippen LogP contribution in [0.25, 0.3) is 0 Å². The third-order valence-electron chi connectivity index (χ3n) is 2.83. The van der Waals surface area contributed by atoms with Crippen molar-refractivity contribution in [2.75, 3.05) is 30.0 Å². The van der Waals surface area contributed by atoms with Crippen LogP contribution in [0.15, 0.2) is 36.5 Å². The van der Waals surface area contributed by atoms with Crippen LogP contribution in [0.4, 0.5) is 22.9 Å². The van der Waals surface area contributed by atoms with Gasteiger partial charge in [0, 0.05) is 31.7 Å². The van der Waals surface area contributed by atoms with E-state index >= 15 is 0 Å². The Morgan fingerprint density at radius 3 is 2.72 bits per heavy atom. The van der Waals surface area contributed by atoms with E-state index in [0.29, 0.717) is 11.5 Å². The van der Waals surface area contributed by atoms with Gasteiger partial charge in [-0.2, -0.15) is 0 Å². The van der Waals surface area contributed by atoms with Gasteiger partial charge in [-0.3, -0.25) is 0 Å². The summed E-state index contributed by atoms with van der Waals surface area (Å²) in [5, 5.41) is 3.25. The molecule has 18 heavy (non-hydrogen) atoms. The summed E-state index contributed by atoms with van der Waals surface area (Å²) in [5.74, 6) is 0.700. The van der Waals surface area contributed by atoms with Gasteiger partial charge in [0.15, 0.2) is 5.82 Å². The van der Waals surface area contributed by atoms with Crippen LogP contribution in [-0.4, -0.2) is 19.1 Å². The van der Waals surface area contributed by atoms with Crippen LogP contribution in [0.3, 0.4) is 0 Å². The molecule has 0 unspecified atom stereocenters. The Morgan fingerprint density at radius 1 is 1.22 bits per heavy atom. The van der Waals surface area contributed by atoms with Gasteiger partial charge >= 0.3 is 0 Å². The topological polar surface area (TPSA) is 54.2 Å². The average Bonchev–Trinajstić information content (AvgIpc) is 2.35. The number of nitrogens with zero attached hydrogens (tertiary/aromatic N) is 2. The van der Waals surface area contributed by atoms with Crippen LogP contribution in [-0.2, 0) is 0 Å². The van der Waals surface area contributed by atoms with Crippen molar-refractivity contribution in [3.63, 3.8) is 0 Å². The molecule has 94 valence electrons. The number of nitrogen functional groups attached to an aromatic ring is 1. The minimum Gasteiger partial charge on any atom is -0.396 e. The fourth-order valence-corrected chi connectivity index (χ4v) is 1.67. The van der Waals surface area contributed by atoms with E-state index in [4.69, 9.17) is 5.73 Å². The highest BCUT2D eigenvalue weighted by atomic mass is 15.1. The van der Waals surface area contributed by atoms with Gasteiger partial charge in [0.05, 0.1) is 5.69 Å². The van der Waals surface area contributed by atoms with Crippen LogP contribution in [0.2, 0.25) is 0 Å². The number of pyridine rings is 1. The van der Waals surface area contributed by atoms with Crippen molar-refractivity contribution in [3.8, 4) is 0 Å². The predicted molar refractivity (Wildman–Crippen MR) is 77.4 cm³/mol. The first-order valence-corrected chi connectivity index (χ1v) is 5.83. The highest BCUT2D eigenvalue weighted by Gasteiger charge is 2.04. The van der Waals surface area contributed by atoms with Crippen LogP contribution in [0.1, 0.15) is 5.56 Å². The summed E-state index contributed by atoms with van der Waals surface area (Å²) in [6.07, 6.45) is 1.75. The molecule has 0 spiro atoms. The maximum absolute atomic E-state index is 5.99. The van der Waals surface area contributed by atoms with E-state index < -0.39 is 0 Å². The van der Waals surface area contributed by atoms with Crippen LogP contribution in [0, 0.1) is 6.92 Å². The van der Waals surface area contributed by atoms with Crippen LogP contribution in [0.5, 0.6) is 0 Å². The summed E-state index contributed by atoms with van der Waals surface area (Å²) in [7, 11) is 4.02. The molecule has 4 nitrogen and oxygen atoms in total. The molecular formula is C14H18N4. The lowest BCUT2D eigenvalue weighted by molar-refractivity contribution is 1.13. The third kappa shape index (κ3) is 2.53. The minimum absolute atomic E-state index is 0.688. The minimum atomic E-state index is 0.688. The molecule has 2 aromatic rings. The lowest BCUT2D eigenvalue weighted by Crippen LogP contribution is -2.08. The Bertz CT molecular complexity index is 549. The van der Waals surface area contributed by atoms with Gasteiger partial charge in [-0.15, -0.1) is 0 Å². The van der Waals surface area contributed by atoms with Crippen molar-refractivity contribution >= 4 is 22.9 Å². The first-order valence-electron chi connectivity index (χ1n) is 5.83. The number of anilines is 4. The second-order valence-electron chi connectivity index (χ2n) is 4.46. The molecule has 1 aromatic heterocycles. The fourth-order valence-electron chi connectivity index (χ4n) is 1.67. The molecule has 1 aromatic carbocycles. The van der Waals surface area contributed by atoms with Crippen molar-refractivity contribution in [1.29, 1.82) is 0 Å². The highest BCUT2D eigenvalue weighted by molar-refractivity contribution is 5.72. The first-order chi connectivity index (χ1) is 8.58. The summed E-state index contributed by atoms with van der Waals surface area (Å²) < 4.78 is 0. The van der Waals surface area contributed by atoms with E-state index in [2.05, 4.69) is 27.3 Å². The summed E-state index contributed by atoms with van der Waals surface area (Å²) >= 11 is 0. The van der Waals surface area contributed by atoms with Gasteiger partial charge in [-0.1, -0.05) is 6.07 Å². The monoisotopic (exact) mass is 242 g/mol. The van der Waals surface area contributed by atoms with Crippen molar-refractivity contribution in [2.24, 2.45) is 0 Å². The highest BCUT2D eigenvalue weighted by Crippen LogP contribution is 2.25. The van der Waals surface area contributed by atoms with E-state index in [-0.39, 0.29) is 0 Å². The smallest absolute Gasteiger partial charge is 0.153 e. The Hall–Kier alpha value is -2.23. The third-order valence-corrected chi connectivity index (χ3v) is 2.83. The zero-order chi connectivity index (χ0) is 13.1. The molecule has 2 rings (SSSR count). The molecule has 0 amide bonds. The first kappa shape index (κ1) is 12.2. The fraction of sp³-hybridized carbons (Fsp3) is 0.214. The van der Waals surface area contributed by atoms with Gasteiger partial charge in [-0.05, 0) is 36.8 Å². The Balaban J connectivity index is 2.28. The van der Waals surface area contributed by atoms with E-state index in [0.717, 1.165) is 16.9 Å². The summed E-state index contributed by atoms with van der Waals surface area (Å²) in [6, 6.07) is 10.0. The van der Waals surface area contributed by atoms with E-state index in [1.165, 1.54) is 0 Å². The molecule has 1 heterocycles. The zero-order valence-electron chi connectivity index (χ0n) is 10.9. The Kier molecular flexibility index (Phi) is 3.37. The molecule has 0 fully saturated rings.